The highest BCUT2D eigenvalue weighted by Crippen LogP contribution is 2.35. The van der Waals surface area contributed by atoms with Gasteiger partial charge in [0.1, 0.15) is 5.60 Å². The van der Waals surface area contributed by atoms with Crippen molar-refractivity contribution in [3.63, 3.8) is 0 Å². The standard InChI is InChI=1S/C22H32N4O2S/c1-16-19(17(2)25(3)24-16)14-26-10-11-28-22(15-26)9-5-4-8-20(22)23-21(27)13-18-7-6-12-29-18/h6-7,12,20H,4-5,8-11,13-15H2,1-3H3,(H,23,27)/t20-,22+/m0/s1. The maximum absolute atomic E-state index is 12.7. The van der Waals surface area contributed by atoms with Gasteiger partial charge in [-0.05, 0) is 38.1 Å². The summed E-state index contributed by atoms with van der Waals surface area (Å²) in [4.78, 5) is 16.3. The van der Waals surface area contributed by atoms with E-state index in [9.17, 15) is 4.79 Å². The second-order valence-electron chi connectivity index (χ2n) is 8.52. The van der Waals surface area contributed by atoms with Gasteiger partial charge in [-0.3, -0.25) is 14.4 Å². The van der Waals surface area contributed by atoms with Crippen LogP contribution in [-0.4, -0.2) is 51.9 Å². The molecule has 0 unspecified atom stereocenters. The summed E-state index contributed by atoms with van der Waals surface area (Å²) >= 11 is 1.64. The molecule has 1 N–H and O–H groups in total. The molecule has 1 saturated carbocycles. The first-order valence-electron chi connectivity index (χ1n) is 10.6. The van der Waals surface area contributed by atoms with Crippen LogP contribution in [0.2, 0.25) is 0 Å². The molecular weight excluding hydrogens is 384 g/mol. The van der Waals surface area contributed by atoms with E-state index in [-0.39, 0.29) is 17.6 Å². The van der Waals surface area contributed by atoms with Crippen LogP contribution in [0.5, 0.6) is 0 Å². The maximum atomic E-state index is 12.7. The Labute approximate surface area is 177 Å². The van der Waals surface area contributed by atoms with E-state index in [1.54, 1.807) is 11.3 Å². The molecule has 6 nitrogen and oxygen atoms in total. The normalized spacial score (nSPS) is 25.4. The molecule has 0 aromatic carbocycles. The summed E-state index contributed by atoms with van der Waals surface area (Å²) in [7, 11) is 2.01. The third-order valence-electron chi connectivity index (χ3n) is 6.56. The minimum atomic E-state index is -0.272. The second-order valence-corrected chi connectivity index (χ2v) is 9.55. The van der Waals surface area contributed by atoms with Gasteiger partial charge in [-0.2, -0.15) is 5.10 Å². The Bertz CT molecular complexity index is 843. The highest BCUT2D eigenvalue weighted by atomic mass is 32.1. The van der Waals surface area contributed by atoms with Gasteiger partial charge >= 0.3 is 0 Å². The van der Waals surface area contributed by atoms with Crippen molar-refractivity contribution in [2.75, 3.05) is 19.7 Å². The lowest BCUT2D eigenvalue weighted by molar-refractivity contribution is -0.151. The molecular formula is C22H32N4O2S. The Morgan fingerprint density at radius 2 is 2.28 bits per heavy atom. The number of morpholine rings is 1. The number of carbonyl (C=O) groups excluding carboxylic acids is 1. The van der Waals surface area contributed by atoms with E-state index in [4.69, 9.17) is 4.74 Å². The van der Waals surface area contributed by atoms with Gasteiger partial charge < -0.3 is 10.1 Å². The van der Waals surface area contributed by atoms with E-state index >= 15 is 0 Å². The number of amides is 1. The highest BCUT2D eigenvalue weighted by Gasteiger charge is 2.45. The van der Waals surface area contributed by atoms with Crippen LogP contribution in [0.25, 0.3) is 0 Å². The number of thiophene rings is 1. The van der Waals surface area contributed by atoms with Crippen molar-refractivity contribution in [2.45, 2.75) is 64.1 Å². The third-order valence-corrected chi connectivity index (χ3v) is 7.43. The number of ether oxygens (including phenoxy) is 1. The SMILES string of the molecule is Cc1nn(C)c(C)c1CN1CCO[C@]2(CCCC[C@@H]2NC(=O)Cc2cccs2)C1. The summed E-state index contributed by atoms with van der Waals surface area (Å²) in [5, 5.41) is 9.92. The molecule has 0 bridgehead atoms. The van der Waals surface area contributed by atoms with E-state index in [1.165, 1.54) is 11.3 Å². The molecule has 2 aromatic heterocycles. The van der Waals surface area contributed by atoms with Crippen LogP contribution in [0.4, 0.5) is 0 Å². The van der Waals surface area contributed by atoms with E-state index in [1.807, 2.05) is 29.2 Å². The van der Waals surface area contributed by atoms with Crippen molar-refractivity contribution < 1.29 is 9.53 Å². The first-order valence-corrected chi connectivity index (χ1v) is 11.5. The first-order chi connectivity index (χ1) is 14.0. The molecule has 1 saturated heterocycles. The van der Waals surface area contributed by atoms with Gasteiger partial charge in [0.25, 0.3) is 0 Å². The number of rotatable bonds is 5. The Morgan fingerprint density at radius 3 is 3.00 bits per heavy atom. The highest BCUT2D eigenvalue weighted by molar-refractivity contribution is 7.10. The summed E-state index contributed by atoms with van der Waals surface area (Å²) in [5.41, 5.74) is 3.38. The van der Waals surface area contributed by atoms with Crippen molar-refractivity contribution in [2.24, 2.45) is 7.05 Å². The summed E-state index contributed by atoms with van der Waals surface area (Å²) < 4.78 is 8.38. The Kier molecular flexibility index (Phi) is 6.08. The number of aromatic nitrogens is 2. The van der Waals surface area contributed by atoms with E-state index in [2.05, 4.69) is 29.2 Å². The smallest absolute Gasteiger partial charge is 0.225 e. The second kappa shape index (κ2) is 8.58. The van der Waals surface area contributed by atoms with Crippen LogP contribution in [-0.2, 0) is 29.5 Å². The van der Waals surface area contributed by atoms with Crippen LogP contribution < -0.4 is 5.32 Å². The van der Waals surface area contributed by atoms with Crippen molar-refractivity contribution in [1.29, 1.82) is 0 Å². The third kappa shape index (κ3) is 4.42. The summed E-state index contributed by atoms with van der Waals surface area (Å²) in [6, 6.07) is 4.11. The first kappa shape index (κ1) is 20.6. The molecule has 158 valence electrons. The molecule has 7 heteroatoms. The number of hydrogen-bond acceptors (Lipinski definition) is 5. The molecule has 29 heavy (non-hydrogen) atoms. The van der Waals surface area contributed by atoms with Gasteiger partial charge in [0, 0.05) is 42.8 Å². The average Bonchev–Trinajstić information content (AvgIpc) is 3.28. The maximum Gasteiger partial charge on any atom is 0.225 e. The van der Waals surface area contributed by atoms with Gasteiger partial charge in [-0.1, -0.05) is 18.9 Å². The summed E-state index contributed by atoms with van der Waals surface area (Å²) in [5.74, 6) is 0.110. The van der Waals surface area contributed by atoms with E-state index < -0.39 is 0 Å². The average molecular weight is 417 g/mol. The van der Waals surface area contributed by atoms with Gasteiger partial charge in [0.2, 0.25) is 5.91 Å². The fraction of sp³-hybridized carbons (Fsp3) is 0.636. The Hall–Kier alpha value is -1.70. The minimum absolute atomic E-state index is 0.0857. The Balaban J connectivity index is 1.45. The van der Waals surface area contributed by atoms with Crippen LogP contribution in [0, 0.1) is 13.8 Å². The van der Waals surface area contributed by atoms with Crippen LogP contribution in [0.15, 0.2) is 17.5 Å². The van der Waals surface area contributed by atoms with Crippen LogP contribution >= 0.6 is 11.3 Å². The molecule has 3 heterocycles. The van der Waals surface area contributed by atoms with Crippen molar-refractivity contribution in [1.82, 2.24) is 20.0 Å². The van der Waals surface area contributed by atoms with Gasteiger partial charge in [-0.25, -0.2) is 0 Å². The number of hydrogen-bond donors (Lipinski definition) is 1. The lowest BCUT2D eigenvalue weighted by Gasteiger charge is -2.49. The molecule has 0 radical (unpaired) electrons. The topological polar surface area (TPSA) is 59.4 Å². The lowest BCUT2D eigenvalue weighted by atomic mass is 9.78. The molecule has 1 spiro atoms. The quantitative estimate of drug-likeness (QED) is 0.814. The molecule has 1 aliphatic carbocycles. The number of nitrogens with zero attached hydrogens (tertiary/aromatic N) is 3. The fourth-order valence-electron chi connectivity index (χ4n) is 4.88. The fourth-order valence-corrected chi connectivity index (χ4v) is 5.58. The Morgan fingerprint density at radius 1 is 1.41 bits per heavy atom. The molecule has 4 rings (SSSR count). The van der Waals surface area contributed by atoms with Gasteiger partial charge in [0.15, 0.2) is 0 Å². The van der Waals surface area contributed by atoms with Crippen LogP contribution in [0.3, 0.4) is 0 Å². The molecule has 1 amide bonds. The van der Waals surface area contributed by atoms with Gasteiger partial charge in [0.05, 0.1) is 24.8 Å². The van der Waals surface area contributed by atoms with Crippen molar-refractivity contribution in [3.05, 3.63) is 39.3 Å². The monoisotopic (exact) mass is 416 g/mol. The molecule has 1 aliphatic heterocycles. The van der Waals surface area contributed by atoms with Crippen molar-refractivity contribution in [3.8, 4) is 0 Å². The van der Waals surface area contributed by atoms with E-state index in [0.717, 1.165) is 62.5 Å². The predicted molar refractivity (Wildman–Crippen MR) is 115 cm³/mol. The zero-order valence-corrected chi connectivity index (χ0v) is 18.6. The lowest BCUT2D eigenvalue weighted by Crippen LogP contribution is -2.64. The van der Waals surface area contributed by atoms with Gasteiger partial charge in [-0.15, -0.1) is 11.3 Å². The predicted octanol–water partition coefficient (Wildman–Crippen LogP) is 2.97. The number of nitrogens with one attached hydrogen (secondary N) is 1. The zero-order chi connectivity index (χ0) is 20.4. The van der Waals surface area contributed by atoms with Crippen LogP contribution in [0.1, 0.15) is 47.5 Å². The largest absolute Gasteiger partial charge is 0.370 e. The molecule has 2 aliphatic rings. The summed E-state index contributed by atoms with van der Waals surface area (Å²) in [6.45, 7) is 7.63. The molecule has 2 atom stereocenters. The molecule has 2 aromatic rings. The number of carbonyl (C=O) groups is 1. The minimum Gasteiger partial charge on any atom is -0.370 e. The zero-order valence-electron chi connectivity index (χ0n) is 17.7. The summed E-state index contributed by atoms with van der Waals surface area (Å²) in [6.07, 6.45) is 4.78. The van der Waals surface area contributed by atoms with E-state index in [0.29, 0.717) is 6.42 Å². The molecule has 2 fully saturated rings. The number of aryl methyl sites for hydroxylation is 2. The van der Waals surface area contributed by atoms with Crippen molar-refractivity contribution >= 4 is 17.2 Å².